The Morgan fingerprint density at radius 1 is 1.17 bits per heavy atom. The third-order valence-corrected chi connectivity index (χ3v) is 4.73. The molecule has 1 atom stereocenters. The van der Waals surface area contributed by atoms with Crippen molar-refractivity contribution in [2.45, 2.75) is 12.8 Å². The first-order valence-electron chi connectivity index (χ1n) is 8.89. The zero-order valence-corrected chi connectivity index (χ0v) is 15.4. The van der Waals surface area contributed by atoms with E-state index in [0.717, 1.165) is 23.3 Å². The van der Waals surface area contributed by atoms with Crippen LogP contribution in [0, 0.1) is 11.6 Å². The van der Waals surface area contributed by atoms with E-state index in [1.54, 1.807) is 30.7 Å². The van der Waals surface area contributed by atoms with Crippen molar-refractivity contribution in [3.8, 4) is 11.1 Å². The van der Waals surface area contributed by atoms with Crippen molar-refractivity contribution >= 4 is 23.2 Å². The van der Waals surface area contributed by atoms with Gasteiger partial charge in [0.15, 0.2) is 11.6 Å². The zero-order valence-electron chi connectivity index (χ0n) is 15.4. The number of pyridine rings is 2. The van der Waals surface area contributed by atoms with Crippen LogP contribution in [-0.4, -0.2) is 28.2 Å². The van der Waals surface area contributed by atoms with Crippen LogP contribution in [0.3, 0.4) is 0 Å². The molecule has 29 heavy (non-hydrogen) atoms. The van der Waals surface area contributed by atoms with Crippen molar-refractivity contribution in [3.63, 3.8) is 0 Å². The van der Waals surface area contributed by atoms with Crippen molar-refractivity contribution < 1.29 is 18.4 Å². The standard InChI is InChI=1S/C21H16F2N4O2/c1-11(28)27-17-5-4-16(22)18(19(17)23)20(29)15-10-26-21-14(15)7-13(9-25-21)12-3-2-6-24-8-12/h2-9,15H,10H2,1H3,(H,25,26)(H,27,28). The van der Waals surface area contributed by atoms with Gasteiger partial charge in [0.2, 0.25) is 5.91 Å². The summed E-state index contributed by atoms with van der Waals surface area (Å²) >= 11 is 0. The van der Waals surface area contributed by atoms with Crippen molar-refractivity contribution in [2.24, 2.45) is 0 Å². The fourth-order valence-corrected chi connectivity index (χ4v) is 3.37. The third kappa shape index (κ3) is 3.44. The summed E-state index contributed by atoms with van der Waals surface area (Å²) in [6, 6.07) is 7.46. The minimum absolute atomic E-state index is 0.168. The first-order valence-corrected chi connectivity index (χ1v) is 8.89. The average molecular weight is 394 g/mol. The average Bonchev–Trinajstić information content (AvgIpc) is 3.14. The van der Waals surface area contributed by atoms with Gasteiger partial charge in [-0.05, 0) is 24.3 Å². The Bertz CT molecular complexity index is 1120. The molecular formula is C21H16F2N4O2. The molecule has 2 N–H and O–H groups in total. The van der Waals surface area contributed by atoms with Gasteiger partial charge in [-0.1, -0.05) is 6.07 Å². The maximum absolute atomic E-state index is 14.8. The number of halogens is 2. The number of carbonyl (C=O) groups is 2. The third-order valence-electron chi connectivity index (χ3n) is 4.73. The number of ketones is 1. The molecule has 0 bridgehead atoms. The van der Waals surface area contributed by atoms with Gasteiger partial charge in [0, 0.05) is 48.7 Å². The van der Waals surface area contributed by atoms with Crippen molar-refractivity contribution in [1.29, 1.82) is 0 Å². The van der Waals surface area contributed by atoms with Crippen molar-refractivity contribution in [2.75, 3.05) is 17.2 Å². The van der Waals surface area contributed by atoms with E-state index < -0.39 is 34.8 Å². The number of hydrogen-bond acceptors (Lipinski definition) is 5. The summed E-state index contributed by atoms with van der Waals surface area (Å²) in [6.45, 7) is 1.37. The Kier molecular flexibility index (Phi) is 4.75. The van der Waals surface area contributed by atoms with Crippen LogP contribution >= 0.6 is 0 Å². The first-order chi connectivity index (χ1) is 14.0. The summed E-state index contributed by atoms with van der Waals surface area (Å²) in [6.07, 6.45) is 4.96. The number of Topliss-reactive ketones (excluding diaryl/α,β-unsaturated/α-hetero) is 1. The minimum Gasteiger partial charge on any atom is -0.369 e. The second-order valence-corrected chi connectivity index (χ2v) is 6.67. The number of fused-ring (bicyclic) bond motifs is 1. The number of nitrogens with zero attached hydrogens (tertiary/aromatic N) is 2. The molecular weight excluding hydrogens is 378 g/mol. The number of anilines is 2. The van der Waals surface area contributed by atoms with Crippen molar-refractivity contribution in [1.82, 2.24) is 9.97 Å². The highest BCUT2D eigenvalue weighted by atomic mass is 19.1. The molecule has 2 aromatic heterocycles. The van der Waals surface area contributed by atoms with E-state index in [0.29, 0.717) is 11.4 Å². The van der Waals surface area contributed by atoms with Crippen LogP contribution in [0.15, 0.2) is 48.9 Å². The van der Waals surface area contributed by atoms with Gasteiger partial charge in [0.05, 0.1) is 17.2 Å². The van der Waals surface area contributed by atoms with Crippen LogP contribution in [0.1, 0.15) is 28.8 Å². The number of carbonyl (C=O) groups excluding carboxylic acids is 2. The maximum atomic E-state index is 14.8. The Balaban J connectivity index is 1.74. The molecule has 1 amide bonds. The Hall–Kier alpha value is -3.68. The molecule has 8 heteroatoms. The lowest BCUT2D eigenvalue weighted by molar-refractivity contribution is -0.114. The highest BCUT2D eigenvalue weighted by Gasteiger charge is 2.34. The van der Waals surface area contributed by atoms with Gasteiger partial charge in [-0.2, -0.15) is 0 Å². The second-order valence-electron chi connectivity index (χ2n) is 6.67. The van der Waals surface area contributed by atoms with Gasteiger partial charge in [-0.3, -0.25) is 14.6 Å². The summed E-state index contributed by atoms with van der Waals surface area (Å²) in [5.41, 5.74) is 1.19. The van der Waals surface area contributed by atoms with Crippen LogP contribution in [0.4, 0.5) is 20.3 Å². The Labute approximate surface area is 165 Å². The molecule has 0 spiro atoms. The molecule has 0 saturated carbocycles. The predicted molar refractivity (Wildman–Crippen MR) is 104 cm³/mol. The summed E-state index contributed by atoms with van der Waals surface area (Å²) in [5.74, 6) is -3.63. The number of nitrogens with one attached hydrogen (secondary N) is 2. The van der Waals surface area contributed by atoms with Crippen LogP contribution in [0.25, 0.3) is 11.1 Å². The van der Waals surface area contributed by atoms with Gasteiger partial charge in [-0.25, -0.2) is 13.8 Å². The second kappa shape index (κ2) is 7.38. The molecule has 6 nitrogen and oxygen atoms in total. The lowest BCUT2D eigenvalue weighted by Gasteiger charge is -2.14. The summed E-state index contributed by atoms with van der Waals surface area (Å²) < 4.78 is 29.2. The molecule has 146 valence electrons. The smallest absolute Gasteiger partial charge is 0.221 e. The van der Waals surface area contributed by atoms with E-state index in [-0.39, 0.29) is 12.2 Å². The van der Waals surface area contributed by atoms with Crippen LogP contribution in [0.5, 0.6) is 0 Å². The van der Waals surface area contributed by atoms with Crippen molar-refractivity contribution in [3.05, 3.63) is 71.7 Å². The summed E-state index contributed by atoms with van der Waals surface area (Å²) in [4.78, 5) is 32.7. The molecule has 1 aliphatic rings. The first kappa shape index (κ1) is 18.7. The lowest BCUT2D eigenvalue weighted by Crippen LogP contribution is -2.19. The monoisotopic (exact) mass is 394 g/mol. The summed E-state index contributed by atoms with van der Waals surface area (Å²) in [5, 5.41) is 5.27. The molecule has 1 aromatic carbocycles. The number of rotatable bonds is 4. The van der Waals surface area contributed by atoms with Crippen LogP contribution in [-0.2, 0) is 4.79 Å². The van der Waals surface area contributed by atoms with Gasteiger partial charge in [0.25, 0.3) is 0 Å². The molecule has 0 aliphatic carbocycles. The number of benzene rings is 1. The minimum atomic E-state index is -1.09. The quantitative estimate of drug-likeness (QED) is 0.658. The molecule has 1 unspecified atom stereocenters. The van der Waals surface area contributed by atoms with Gasteiger partial charge >= 0.3 is 0 Å². The molecule has 3 aromatic rings. The normalized spacial score (nSPS) is 14.8. The molecule has 3 heterocycles. The number of hydrogen-bond donors (Lipinski definition) is 2. The van der Waals surface area contributed by atoms with Crippen LogP contribution < -0.4 is 10.6 Å². The molecule has 4 rings (SSSR count). The summed E-state index contributed by atoms with van der Waals surface area (Å²) in [7, 11) is 0. The lowest BCUT2D eigenvalue weighted by atomic mass is 9.91. The fourth-order valence-electron chi connectivity index (χ4n) is 3.37. The highest BCUT2D eigenvalue weighted by molar-refractivity contribution is 6.04. The largest absolute Gasteiger partial charge is 0.369 e. The van der Waals surface area contributed by atoms with Gasteiger partial charge in [0.1, 0.15) is 11.6 Å². The number of aromatic nitrogens is 2. The SMILES string of the molecule is CC(=O)Nc1ccc(F)c(C(=O)C2CNc3ncc(-c4cccnc4)cc32)c1F. The molecule has 0 saturated heterocycles. The van der Waals surface area contributed by atoms with E-state index in [1.807, 2.05) is 6.07 Å². The van der Waals surface area contributed by atoms with E-state index in [4.69, 9.17) is 0 Å². The van der Waals surface area contributed by atoms with Gasteiger partial charge < -0.3 is 10.6 Å². The maximum Gasteiger partial charge on any atom is 0.221 e. The molecule has 0 radical (unpaired) electrons. The van der Waals surface area contributed by atoms with E-state index >= 15 is 0 Å². The van der Waals surface area contributed by atoms with E-state index in [2.05, 4.69) is 20.6 Å². The Morgan fingerprint density at radius 2 is 2.00 bits per heavy atom. The zero-order chi connectivity index (χ0) is 20.5. The highest BCUT2D eigenvalue weighted by Crippen LogP contribution is 2.36. The fraction of sp³-hybridized carbons (Fsp3) is 0.143. The van der Waals surface area contributed by atoms with E-state index in [9.17, 15) is 18.4 Å². The Morgan fingerprint density at radius 3 is 2.72 bits per heavy atom. The van der Waals surface area contributed by atoms with E-state index in [1.165, 1.54) is 6.92 Å². The molecule has 1 aliphatic heterocycles. The predicted octanol–water partition coefficient (Wildman–Crippen LogP) is 3.77. The molecule has 0 fully saturated rings. The number of amides is 1. The van der Waals surface area contributed by atoms with Gasteiger partial charge in [-0.15, -0.1) is 0 Å². The van der Waals surface area contributed by atoms with Crippen LogP contribution in [0.2, 0.25) is 0 Å². The topological polar surface area (TPSA) is 84.0 Å².